The Morgan fingerprint density at radius 1 is 1.10 bits per heavy atom. The summed E-state index contributed by atoms with van der Waals surface area (Å²) in [6, 6.07) is 12.1. The van der Waals surface area contributed by atoms with Crippen LogP contribution in [0.3, 0.4) is 0 Å². The van der Waals surface area contributed by atoms with E-state index in [1.165, 1.54) is 16.4 Å². The van der Waals surface area contributed by atoms with Crippen molar-refractivity contribution < 1.29 is 22.4 Å². The van der Waals surface area contributed by atoms with Gasteiger partial charge in [0.2, 0.25) is 15.9 Å². The van der Waals surface area contributed by atoms with E-state index in [0.29, 0.717) is 18.8 Å². The van der Waals surface area contributed by atoms with Crippen LogP contribution in [0.2, 0.25) is 0 Å². The van der Waals surface area contributed by atoms with Crippen molar-refractivity contribution in [2.75, 3.05) is 18.4 Å². The smallest absolute Gasteiger partial charge is 0.243 e. The van der Waals surface area contributed by atoms with Gasteiger partial charge in [-0.15, -0.1) is 0 Å². The van der Waals surface area contributed by atoms with E-state index in [4.69, 9.17) is 9.15 Å². The number of morpholine rings is 1. The zero-order valence-corrected chi connectivity index (χ0v) is 18.6. The van der Waals surface area contributed by atoms with Crippen molar-refractivity contribution in [2.24, 2.45) is 0 Å². The van der Waals surface area contributed by atoms with Crippen molar-refractivity contribution in [3.05, 3.63) is 59.9 Å². The van der Waals surface area contributed by atoms with E-state index < -0.39 is 10.0 Å². The van der Waals surface area contributed by atoms with Crippen LogP contribution >= 0.6 is 0 Å². The Labute approximate surface area is 182 Å². The third-order valence-corrected chi connectivity index (χ3v) is 7.17. The van der Waals surface area contributed by atoms with Crippen molar-refractivity contribution >= 4 is 32.6 Å². The summed E-state index contributed by atoms with van der Waals surface area (Å²) in [5.41, 5.74) is 3.19. The topological polar surface area (TPSA) is 88.9 Å². The molecule has 0 aliphatic carbocycles. The molecule has 8 heteroatoms. The maximum absolute atomic E-state index is 12.9. The molecule has 1 amide bonds. The first-order valence-corrected chi connectivity index (χ1v) is 11.7. The van der Waals surface area contributed by atoms with Crippen molar-refractivity contribution in [2.45, 2.75) is 44.3 Å². The summed E-state index contributed by atoms with van der Waals surface area (Å²) in [5.74, 6) is -0.199. The molecule has 1 aliphatic rings. The Morgan fingerprint density at radius 3 is 2.45 bits per heavy atom. The molecule has 1 aromatic heterocycles. The van der Waals surface area contributed by atoms with E-state index in [0.717, 1.165) is 22.1 Å². The van der Waals surface area contributed by atoms with Crippen molar-refractivity contribution in [1.29, 1.82) is 0 Å². The number of aryl methyl sites for hydroxylation is 1. The molecule has 31 heavy (non-hydrogen) atoms. The fourth-order valence-electron chi connectivity index (χ4n) is 3.89. The predicted molar refractivity (Wildman–Crippen MR) is 118 cm³/mol. The SMILES string of the molecule is Cc1ccc2c(CC(=O)Nc3ccc(S(=O)(=O)N4C[C@@H](C)O[C@H](C)C4)cc3)coc2c1. The molecule has 7 nitrogen and oxygen atoms in total. The number of fused-ring (bicyclic) bond motifs is 1. The number of furan rings is 1. The molecular formula is C23H26N2O5S. The lowest BCUT2D eigenvalue weighted by Crippen LogP contribution is -2.48. The second-order valence-corrected chi connectivity index (χ2v) is 10.0. The van der Waals surface area contributed by atoms with Crippen LogP contribution in [-0.4, -0.2) is 43.9 Å². The monoisotopic (exact) mass is 442 g/mol. The first-order valence-electron chi connectivity index (χ1n) is 10.2. The van der Waals surface area contributed by atoms with Gasteiger partial charge in [-0.1, -0.05) is 12.1 Å². The van der Waals surface area contributed by atoms with Crippen LogP contribution in [0.4, 0.5) is 5.69 Å². The zero-order chi connectivity index (χ0) is 22.2. The van der Waals surface area contributed by atoms with Gasteiger partial charge in [0, 0.05) is 29.7 Å². The number of benzene rings is 2. The van der Waals surface area contributed by atoms with Gasteiger partial charge in [0.15, 0.2) is 0 Å². The molecule has 0 saturated carbocycles. The highest BCUT2D eigenvalue weighted by molar-refractivity contribution is 7.89. The minimum atomic E-state index is -3.61. The summed E-state index contributed by atoms with van der Waals surface area (Å²) in [6.45, 7) is 6.35. The Hall–Kier alpha value is -2.68. The van der Waals surface area contributed by atoms with Crippen molar-refractivity contribution in [1.82, 2.24) is 4.31 Å². The Bertz CT molecular complexity index is 1190. The average molecular weight is 443 g/mol. The van der Waals surface area contributed by atoms with Crippen LogP contribution in [-0.2, 0) is 26.0 Å². The molecule has 164 valence electrons. The maximum atomic E-state index is 12.9. The average Bonchev–Trinajstić information content (AvgIpc) is 3.09. The molecule has 1 N–H and O–H groups in total. The standard InChI is InChI=1S/C23H26N2O5S/c1-15-4-9-21-18(14-29-22(21)10-15)11-23(26)24-19-5-7-20(8-6-19)31(27,28)25-12-16(2)30-17(3)13-25/h4-10,14,16-17H,11-13H2,1-3H3,(H,24,26)/t16-,17-/m1/s1. The van der Waals surface area contributed by atoms with E-state index in [-0.39, 0.29) is 29.4 Å². The van der Waals surface area contributed by atoms with Crippen molar-refractivity contribution in [3.8, 4) is 0 Å². The van der Waals surface area contributed by atoms with Gasteiger partial charge in [-0.05, 0) is 56.7 Å². The van der Waals surface area contributed by atoms with Gasteiger partial charge in [0.25, 0.3) is 0 Å². The molecule has 4 rings (SSSR count). The number of ether oxygens (including phenoxy) is 1. The number of sulfonamides is 1. The maximum Gasteiger partial charge on any atom is 0.243 e. The number of nitrogens with one attached hydrogen (secondary N) is 1. The van der Waals surface area contributed by atoms with Crippen LogP contribution in [0.25, 0.3) is 11.0 Å². The molecule has 2 aromatic carbocycles. The van der Waals surface area contributed by atoms with Gasteiger partial charge >= 0.3 is 0 Å². The highest BCUT2D eigenvalue weighted by Gasteiger charge is 2.32. The second-order valence-electron chi connectivity index (χ2n) is 8.09. The zero-order valence-electron chi connectivity index (χ0n) is 17.8. The first-order chi connectivity index (χ1) is 14.7. The molecule has 2 atom stereocenters. The number of hydrogen-bond acceptors (Lipinski definition) is 5. The molecule has 0 bridgehead atoms. The van der Waals surface area contributed by atoms with Crippen LogP contribution < -0.4 is 5.32 Å². The van der Waals surface area contributed by atoms with Gasteiger partial charge in [0.1, 0.15) is 5.58 Å². The number of hydrogen-bond donors (Lipinski definition) is 1. The van der Waals surface area contributed by atoms with Gasteiger partial charge in [-0.3, -0.25) is 4.79 Å². The molecule has 0 spiro atoms. The summed E-state index contributed by atoms with van der Waals surface area (Å²) in [5, 5.41) is 3.73. The largest absolute Gasteiger partial charge is 0.464 e. The van der Waals surface area contributed by atoms with Gasteiger partial charge in [0.05, 0.1) is 29.8 Å². The first kappa shape index (κ1) is 21.5. The number of carbonyl (C=O) groups is 1. The summed E-state index contributed by atoms with van der Waals surface area (Å²) in [6.07, 6.45) is 1.46. The molecule has 1 aliphatic heterocycles. The summed E-state index contributed by atoms with van der Waals surface area (Å²) in [7, 11) is -3.61. The number of nitrogens with zero attached hydrogens (tertiary/aromatic N) is 1. The lowest BCUT2D eigenvalue weighted by Gasteiger charge is -2.34. The third kappa shape index (κ3) is 4.66. The lowest BCUT2D eigenvalue weighted by molar-refractivity contribution is -0.115. The van der Waals surface area contributed by atoms with Gasteiger partial charge in [-0.2, -0.15) is 4.31 Å². The predicted octanol–water partition coefficient (Wildman–Crippen LogP) is 3.72. The molecular weight excluding hydrogens is 416 g/mol. The van der Waals surface area contributed by atoms with E-state index >= 15 is 0 Å². The molecule has 2 heterocycles. The fraction of sp³-hybridized carbons (Fsp3) is 0.348. The highest BCUT2D eigenvalue weighted by Crippen LogP contribution is 2.24. The van der Waals surface area contributed by atoms with E-state index in [1.54, 1.807) is 18.4 Å². The minimum absolute atomic E-state index is 0.153. The summed E-state index contributed by atoms with van der Waals surface area (Å²) in [4.78, 5) is 12.7. The Balaban J connectivity index is 1.43. The molecule has 0 radical (unpaired) electrons. The third-order valence-electron chi connectivity index (χ3n) is 5.32. The lowest BCUT2D eigenvalue weighted by atomic mass is 10.1. The van der Waals surface area contributed by atoms with Crippen LogP contribution in [0, 0.1) is 6.92 Å². The van der Waals surface area contributed by atoms with Gasteiger partial charge < -0.3 is 14.5 Å². The van der Waals surface area contributed by atoms with Crippen LogP contribution in [0.15, 0.2) is 58.0 Å². The normalized spacial score (nSPS) is 20.1. The van der Waals surface area contributed by atoms with Gasteiger partial charge in [-0.25, -0.2) is 8.42 Å². The van der Waals surface area contributed by atoms with Crippen LogP contribution in [0.1, 0.15) is 25.0 Å². The summed E-state index contributed by atoms with van der Waals surface area (Å²) < 4.78 is 38.5. The quantitative estimate of drug-likeness (QED) is 0.651. The number of amides is 1. The number of rotatable bonds is 5. The number of anilines is 1. The van der Waals surface area contributed by atoms with E-state index in [2.05, 4.69) is 5.32 Å². The Kier molecular flexibility index (Phi) is 5.88. The fourth-order valence-corrected chi connectivity index (χ4v) is 5.48. The molecule has 0 unspecified atom stereocenters. The van der Waals surface area contributed by atoms with E-state index in [1.807, 2.05) is 39.0 Å². The Morgan fingerprint density at radius 2 is 1.77 bits per heavy atom. The van der Waals surface area contributed by atoms with Crippen molar-refractivity contribution in [3.63, 3.8) is 0 Å². The van der Waals surface area contributed by atoms with E-state index in [9.17, 15) is 13.2 Å². The highest BCUT2D eigenvalue weighted by atomic mass is 32.2. The summed E-state index contributed by atoms with van der Waals surface area (Å²) >= 11 is 0. The molecule has 3 aromatic rings. The molecule has 1 fully saturated rings. The molecule has 1 saturated heterocycles. The van der Waals surface area contributed by atoms with Crippen LogP contribution in [0.5, 0.6) is 0 Å². The number of carbonyl (C=O) groups excluding carboxylic acids is 1. The second kappa shape index (κ2) is 8.45. The minimum Gasteiger partial charge on any atom is -0.464 e.